The molecule has 0 radical (unpaired) electrons. The highest BCUT2D eigenvalue weighted by molar-refractivity contribution is 8.00. The molecule has 2 saturated heterocycles. The van der Waals surface area contributed by atoms with E-state index in [1.165, 1.54) is 11.8 Å². The van der Waals surface area contributed by atoms with E-state index < -0.39 is 5.60 Å². The molecule has 2 amide bonds. The summed E-state index contributed by atoms with van der Waals surface area (Å²) in [5.41, 5.74) is -0.412. The van der Waals surface area contributed by atoms with Gasteiger partial charge in [0.15, 0.2) is 0 Å². The van der Waals surface area contributed by atoms with E-state index in [-0.39, 0.29) is 12.0 Å². The minimum atomic E-state index is -0.412. The predicted molar refractivity (Wildman–Crippen MR) is 82.6 cm³/mol. The molecule has 0 saturated carbocycles. The predicted octanol–water partition coefficient (Wildman–Crippen LogP) is 1.66. The van der Waals surface area contributed by atoms with E-state index in [0.717, 1.165) is 24.3 Å². The van der Waals surface area contributed by atoms with Crippen LogP contribution in [0, 0.1) is 0 Å². The third-order valence-corrected chi connectivity index (χ3v) is 5.12. The van der Waals surface area contributed by atoms with Crippen molar-refractivity contribution in [3.63, 3.8) is 0 Å². The zero-order valence-electron chi connectivity index (χ0n) is 12.3. The number of likely N-dealkylation sites (tertiary alicyclic amines) is 1. The van der Waals surface area contributed by atoms with E-state index >= 15 is 0 Å². The van der Waals surface area contributed by atoms with Gasteiger partial charge in [-0.2, -0.15) is 0 Å². The molecule has 2 fully saturated rings. The Hall–Kier alpha value is -1.76. The average Bonchev–Trinajstić information content (AvgIpc) is 2.77. The number of carbonyl (C=O) groups is 2. The number of alkyl carbamates (subject to hydrolysis) is 1. The van der Waals surface area contributed by atoms with Crippen LogP contribution in [0.2, 0.25) is 0 Å². The molecule has 22 heavy (non-hydrogen) atoms. The summed E-state index contributed by atoms with van der Waals surface area (Å²) in [6.45, 7) is 1.93. The van der Waals surface area contributed by atoms with Gasteiger partial charge in [-0.15, -0.1) is 11.8 Å². The lowest BCUT2D eigenvalue weighted by molar-refractivity contribution is -0.128. The number of thioether (sulfide) groups is 1. The van der Waals surface area contributed by atoms with Crippen LogP contribution in [0.5, 0.6) is 0 Å². The monoisotopic (exact) mass is 321 g/mol. The van der Waals surface area contributed by atoms with Crippen LogP contribution in [0.1, 0.15) is 19.3 Å². The third-order valence-electron chi connectivity index (χ3n) is 4.13. The first-order valence-corrected chi connectivity index (χ1v) is 8.43. The Bertz CT molecular complexity index is 554. The maximum absolute atomic E-state index is 12.4. The van der Waals surface area contributed by atoms with Crippen molar-refractivity contribution in [2.24, 2.45) is 0 Å². The zero-order chi connectivity index (χ0) is 15.4. The molecule has 1 atom stereocenters. The van der Waals surface area contributed by atoms with Crippen molar-refractivity contribution in [3.8, 4) is 0 Å². The molecule has 2 aliphatic heterocycles. The first-order valence-electron chi connectivity index (χ1n) is 7.44. The standard InChI is InChI=1S/C15H19N3O3S/c19-13(10-22-12-2-6-16-7-3-12)18-8-1-4-15(5-9-18)11-17-14(20)21-15/h2-3,6-7H,1,4-5,8-11H2,(H,17,20). The minimum absolute atomic E-state index is 0.135. The fourth-order valence-corrected chi connectivity index (χ4v) is 3.66. The van der Waals surface area contributed by atoms with Gasteiger partial charge >= 0.3 is 6.09 Å². The lowest BCUT2D eigenvalue weighted by Crippen LogP contribution is -2.37. The number of amides is 2. The van der Waals surface area contributed by atoms with E-state index in [0.29, 0.717) is 25.3 Å². The Morgan fingerprint density at radius 3 is 2.91 bits per heavy atom. The van der Waals surface area contributed by atoms with Crippen molar-refractivity contribution in [2.45, 2.75) is 29.8 Å². The number of nitrogens with one attached hydrogen (secondary N) is 1. The van der Waals surface area contributed by atoms with Crippen LogP contribution >= 0.6 is 11.8 Å². The van der Waals surface area contributed by atoms with E-state index in [2.05, 4.69) is 10.3 Å². The van der Waals surface area contributed by atoms with E-state index in [4.69, 9.17) is 4.74 Å². The molecule has 7 heteroatoms. The second kappa shape index (κ2) is 6.56. The second-order valence-electron chi connectivity index (χ2n) is 5.63. The quantitative estimate of drug-likeness (QED) is 0.857. The number of carbonyl (C=O) groups excluding carboxylic acids is 2. The van der Waals surface area contributed by atoms with E-state index in [9.17, 15) is 9.59 Å². The van der Waals surface area contributed by atoms with Gasteiger partial charge in [0.25, 0.3) is 0 Å². The maximum atomic E-state index is 12.4. The Labute approximate surface area is 133 Å². The summed E-state index contributed by atoms with van der Waals surface area (Å²) in [7, 11) is 0. The lowest BCUT2D eigenvalue weighted by Gasteiger charge is -2.25. The zero-order valence-corrected chi connectivity index (χ0v) is 13.1. The normalized spacial score (nSPS) is 24.7. The number of aromatic nitrogens is 1. The highest BCUT2D eigenvalue weighted by Crippen LogP contribution is 2.29. The molecular formula is C15H19N3O3S. The Balaban J connectivity index is 1.52. The van der Waals surface area contributed by atoms with Crippen LogP contribution < -0.4 is 5.32 Å². The summed E-state index contributed by atoms with van der Waals surface area (Å²) in [4.78, 5) is 30.5. The molecule has 0 bridgehead atoms. The molecule has 0 aliphatic carbocycles. The highest BCUT2D eigenvalue weighted by atomic mass is 32.2. The van der Waals surface area contributed by atoms with E-state index in [1.807, 2.05) is 17.0 Å². The van der Waals surface area contributed by atoms with Gasteiger partial charge in [-0.25, -0.2) is 4.79 Å². The minimum Gasteiger partial charge on any atom is -0.441 e. The number of pyridine rings is 1. The molecule has 118 valence electrons. The Morgan fingerprint density at radius 2 is 2.18 bits per heavy atom. The first-order chi connectivity index (χ1) is 10.7. The van der Waals surface area contributed by atoms with Crippen molar-refractivity contribution >= 4 is 23.8 Å². The molecular weight excluding hydrogens is 302 g/mol. The topological polar surface area (TPSA) is 71.5 Å². The molecule has 2 aliphatic rings. The molecule has 1 aromatic rings. The lowest BCUT2D eigenvalue weighted by atomic mass is 9.95. The average molecular weight is 321 g/mol. The second-order valence-corrected chi connectivity index (χ2v) is 6.68. The highest BCUT2D eigenvalue weighted by Gasteiger charge is 2.41. The smallest absolute Gasteiger partial charge is 0.407 e. The van der Waals surface area contributed by atoms with Crippen molar-refractivity contribution in [1.82, 2.24) is 15.2 Å². The number of ether oxygens (including phenoxy) is 1. The molecule has 1 spiro atoms. The molecule has 1 aromatic heterocycles. The molecule has 3 heterocycles. The van der Waals surface area contributed by atoms with Gasteiger partial charge in [-0.3, -0.25) is 9.78 Å². The fraction of sp³-hybridized carbons (Fsp3) is 0.533. The van der Waals surface area contributed by atoms with Crippen LogP contribution in [0.4, 0.5) is 4.79 Å². The van der Waals surface area contributed by atoms with Crippen LogP contribution in [0.15, 0.2) is 29.4 Å². The molecule has 1 unspecified atom stereocenters. The van der Waals surface area contributed by atoms with Crippen molar-refractivity contribution in [1.29, 1.82) is 0 Å². The fourth-order valence-electron chi connectivity index (χ4n) is 2.87. The third kappa shape index (κ3) is 3.52. The number of nitrogens with zero attached hydrogens (tertiary/aromatic N) is 2. The van der Waals surface area contributed by atoms with Gasteiger partial charge in [-0.05, 0) is 25.0 Å². The van der Waals surface area contributed by atoms with Crippen LogP contribution in [-0.4, -0.2) is 52.9 Å². The molecule has 3 rings (SSSR count). The van der Waals surface area contributed by atoms with Gasteiger partial charge in [0.1, 0.15) is 5.60 Å². The maximum Gasteiger partial charge on any atom is 0.407 e. The van der Waals surface area contributed by atoms with Crippen LogP contribution in [-0.2, 0) is 9.53 Å². The van der Waals surface area contributed by atoms with Crippen LogP contribution in [0.3, 0.4) is 0 Å². The number of rotatable bonds is 3. The van der Waals surface area contributed by atoms with Gasteiger partial charge in [-0.1, -0.05) is 0 Å². The molecule has 6 nitrogen and oxygen atoms in total. The summed E-state index contributed by atoms with van der Waals surface area (Å²) >= 11 is 1.52. The number of hydrogen-bond donors (Lipinski definition) is 1. The van der Waals surface area contributed by atoms with Gasteiger partial charge in [0.2, 0.25) is 5.91 Å². The summed E-state index contributed by atoms with van der Waals surface area (Å²) in [5.74, 6) is 0.561. The van der Waals surface area contributed by atoms with Gasteiger partial charge in [0.05, 0.1) is 12.3 Å². The first kappa shape index (κ1) is 15.1. The summed E-state index contributed by atoms with van der Waals surface area (Å²) in [5, 5.41) is 2.72. The summed E-state index contributed by atoms with van der Waals surface area (Å²) in [6.07, 6.45) is 5.49. The van der Waals surface area contributed by atoms with Crippen molar-refractivity contribution in [2.75, 3.05) is 25.4 Å². The Kier molecular flexibility index (Phi) is 4.52. The van der Waals surface area contributed by atoms with Crippen molar-refractivity contribution < 1.29 is 14.3 Å². The Morgan fingerprint density at radius 1 is 1.36 bits per heavy atom. The largest absolute Gasteiger partial charge is 0.441 e. The SMILES string of the molecule is O=C1NCC2(CCCN(C(=O)CSc3ccncc3)CC2)O1. The van der Waals surface area contributed by atoms with Crippen LogP contribution in [0.25, 0.3) is 0 Å². The summed E-state index contributed by atoms with van der Waals surface area (Å²) < 4.78 is 5.43. The van der Waals surface area contributed by atoms with Crippen molar-refractivity contribution in [3.05, 3.63) is 24.5 Å². The van der Waals surface area contributed by atoms with Gasteiger partial charge in [0, 0.05) is 36.8 Å². The van der Waals surface area contributed by atoms with Gasteiger partial charge < -0.3 is 15.0 Å². The van der Waals surface area contributed by atoms with E-state index in [1.54, 1.807) is 12.4 Å². The summed E-state index contributed by atoms with van der Waals surface area (Å²) in [6, 6.07) is 3.80. The molecule has 0 aromatic carbocycles. The number of hydrogen-bond acceptors (Lipinski definition) is 5. The molecule has 1 N–H and O–H groups in total.